The third-order valence-corrected chi connectivity index (χ3v) is 6.33. The van der Waals surface area contributed by atoms with Crippen LogP contribution in [0.3, 0.4) is 0 Å². The van der Waals surface area contributed by atoms with Crippen molar-refractivity contribution < 1.29 is 4.74 Å². The zero-order chi connectivity index (χ0) is 16.7. The summed E-state index contributed by atoms with van der Waals surface area (Å²) in [6.07, 6.45) is 8.48. The monoisotopic (exact) mass is 332 g/mol. The van der Waals surface area contributed by atoms with E-state index in [0.29, 0.717) is 30.0 Å². The molecule has 4 rings (SSSR count). The molecule has 2 heterocycles. The number of fused-ring (bicyclic) bond motifs is 2. The zero-order valence-electron chi connectivity index (χ0n) is 14.9. The molecule has 0 radical (unpaired) electrons. The quantitative estimate of drug-likeness (QED) is 0.665. The van der Waals surface area contributed by atoms with Gasteiger partial charge in [0.2, 0.25) is 0 Å². The SMILES string of the molecule is CN=C(NC1C2CCOC2C12CCCC2)N(C)Cc1ncnn1C. The van der Waals surface area contributed by atoms with Gasteiger partial charge in [0, 0.05) is 45.1 Å². The largest absolute Gasteiger partial charge is 0.377 e. The first-order valence-corrected chi connectivity index (χ1v) is 9.04. The first kappa shape index (κ1) is 15.9. The number of nitrogens with zero attached hydrogens (tertiary/aromatic N) is 5. The fraction of sp³-hybridized carbons (Fsp3) is 0.824. The first-order chi connectivity index (χ1) is 11.7. The molecular weight excluding hydrogens is 304 g/mol. The zero-order valence-corrected chi connectivity index (χ0v) is 14.9. The summed E-state index contributed by atoms with van der Waals surface area (Å²) < 4.78 is 7.89. The van der Waals surface area contributed by atoms with E-state index in [2.05, 4.69) is 32.3 Å². The van der Waals surface area contributed by atoms with E-state index in [0.717, 1.165) is 18.4 Å². The normalized spacial score (nSPS) is 31.1. The van der Waals surface area contributed by atoms with Crippen molar-refractivity contribution in [3.05, 3.63) is 12.2 Å². The number of nitrogens with one attached hydrogen (secondary N) is 1. The number of hydrogen-bond donors (Lipinski definition) is 1. The Morgan fingerprint density at radius 3 is 2.96 bits per heavy atom. The summed E-state index contributed by atoms with van der Waals surface area (Å²) in [5.41, 5.74) is 0.336. The van der Waals surface area contributed by atoms with Crippen LogP contribution in [0.1, 0.15) is 37.9 Å². The molecule has 1 N–H and O–H groups in total. The third kappa shape index (κ3) is 2.32. The predicted octanol–water partition coefficient (Wildman–Crippen LogP) is 1.17. The van der Waals surface area contributed by atoms with Gasteiger partial charge in [0.1, 0.15) is 12.2 Å². The van der Waals surface area contributed by atoms with Crippen molar-refractivity contribution in [1.82, 2.24) is 25.0 Å². The minimum atomic E-state index is 0.336. The van der Waals surface area contributed by atoms with E-state index in [4.69, 9.17) is 4.74 Å². The second-order valence-corrected chi connectivity index (χ2v) is 7.51. The van der Waals surface area contributed by atoms with Gasteiger partial charge < -0.3 is 15.0 Å². The van der Waals surface area contributed by atoms with Crippen molar-refractivity contribution in [2.24, 2.45) is 23.4 Å². The van der Waals surface area contributed by atoms with Crippen LogP contribution in [-0.4, -0.2) is 58.5 Å². The van der Waals surface area contributed by atoms with Crippen LogP contribution < -0.4 is 5.32 Å². The number of aryl methyl sites for hydroxylation is 1. The van der Waals surface area contributed by atoms with Crippen LogP contribution in [0.4, 0.5) is 0 Å². The molecule has 1 saturated heterocycles. The lowest BCUT2D eigenvalue weighted by Gasteiger charge is -2.57. The van der Waals surface area contributed by atoms with E-state index in [9.17, 15) is 0 Å². The summed E-state index contributed by atoms with van der Waals surface area (Å²) in [6, 6.07) is 0.494. The lowest BCUT2D eigenvalue weighted by Crippen LogP contribution is -2.69. The average molecular weight is 332 g/mol. The standard InChI is InChI=1S/C17H28N6O/c1-18-16(22(2)10-13-19-11-20-23(13)3)21-14-12-6-9-24-15(12)17(14)7-4-5-8-17/h11-12,14-15H,4-10H2,1-3H3,(H,18,21). The summed E-state index contributed by atoms with van der Waals surface area (Å²) >= 11 is 0. The summed E-state index contributed by atoms with van der Waals surface area (Å²) in [6.45, 7) is 1.61. The van der Waals surface area contributed by atoms with Crippen LogP contribution in [0.5, 0.6) is 0 Å². The number of aliphatic imine (C=N–C) groups is 1. The molecule has 0 amide bonds. The highest BCUT2D eigenvalue weighted by Gasteiger charge is 2.65. The lowest BCUT2D eigenvalue weighted by molar-refractivity contribution is -0.125. The fourth-order valence-corrected chi connectivity index (χ4v) is 5.14. The Morgan fingerprint density at radius 2 is 2.29 bits per heavy atom. The van der Waals surface area contributed by atoms with Gasteiger partial charge in [0.25, 0.3) is 0 Å². The van der Waals surface area contributed by atoms with E-state index >= 15 is 0 Å². The van der Waals surface area contributed by atoms with Crippen molar-refractivity contribution in [2.45, 2.75) is 50.8 Å². The Morgan fingerprint density at radius 1 is 1.50 bits per heavy atom. The molecule has 3 aliphatic rings. The predicted molar refractivity (Wildman–Crippen MR) is 91.5 cm³/mol. The van der Waals surface area contributed by atoms with E-state index in [1.165, 1.54) is 32.1 Å². The molecule has 3 atom stereocenters. The Labute approximate surface area is 143 Å². The van der Waals surface area contributed by atoms with Gasteiger partial charge in [-0.1, -0.05) is 12.8 Å². The minimum Gasteiger partial charge on any atom is -0.377 e. The van der Waals surface area contributed by atoms with E-state index in [-0.39, 0.29) is 0 Å². The van der Waals surface area contributed by atoms with Crippen molar-refractivity contribution in [2.75, 3.05) is 20.7 Å². The van der Waals surface area contributed by atoms with Gasteiger partial charge in [-0.2, -0.15) is 5.10 Å². The molecule has 2 aliphatic carbocycles. The summed E-state index contributed by atoms with van der Waals surface area (Å²) in [7, 11) is 5.84. The lowest BCUT2D eigenvalue weighted by atomic mass is 9.54. The summed E-state index contributed by atoms with van der Waals surface area (Å²) in [4.78, 5) is 11.0. The average Bonchev–Trinajstić information content (AvgIpc) is 3.29. The molecule has 7 heteroatoms. The molecule has 0 aromatic carbocycles. The first-order valence-electron chi connectivity index (χ1n) is 9.04. The van der Waals surface area contributed by atoms with Crippen LogP contribution in [-0.2, 0) is 18.3 Å². The van der Waals surface area contributed by atoms with Crippen molar-refractivity contribution in [1.29, 1.82) is 0 Å². The topological polar surface area (TPSA) is 67.6 Å². The van der Waals surface area contributed by atoms with Gasteiger partial charge in [-0.05, 0) is 19.3 Å². The second kappa shape index (κ2) is 6.02. The number of rotatable bonds is 3. The number of guanidine groups is 1. The van der Waals surface area contributed by atoms with Gasteiger partial charge in [0.15, 0.2) is 5.96 Å². The molecular formula is C17H28N6O. The van der Waals surface area contributed by atoms with Gasteiger partial charge in [-0.25, -0.2) is 4.98 Å². The van der Waals surface area contributed by atoms with Gasteiger partial charge in [-0.3, -0.25) is 9.67 Å². The van der Waals surface area contributed by atoms with Crippen LogP contribution in [0.15, 0.2) is 11.3 Å². The van der Waals surface area contributed by atoms with Gasteiger partial charge >= 0.3 is 0 Å². The second-order valence-electron chi connectivity index (χ2n) is 7.51. The van der Waals surface area contributed by atoms with Crippen LogP contribution >= 0.6 is 0 Å². The Balaban J connectivity index is 1.47. The highest BCUT2D eigenvalue weighted by Crippen LogP contribution is 2.60. The Kier molecular flexibility index (Phi) is 3.98. The van der Waals surface area contributed by atoms with Crippen molar-refractivity contribution in [3.8, 4) is 0 Å². The maximum Gasteiger partial charge on any atom is 0.194 e. The number of aromatic nitrogens is 3. The molecule has 1 aromatic heterocycles. The maximum absolute atomic E-state index is 6.08. The smallest absolute Gasteiger partial charge is 0.194 e. The number of hydrogen-bond acceptors (Lipinski definition) is 4. The maximum atomic E-state index is 6.08. The molecule has 24 heavy (non-hydrogen) atoms. The summed E-state index contributed by atoms with van der Waals surface area (Å²) in [5, 5.41) is 7.92. The molecule has 1 aromatic rings. The van der Waals surface area contributed by atoms with Crippen molar-refractivity contribution in [3.63, 3.8) is 0 Å². The van der Waals surface area contributed by atoms with E-state index < -0.39 is 0 Å². The molecule has 1 aliphatic heterocycles. The molecule has 3 fully saturated rings. The molecule has 2 saturated carbocycles. The van der Waals surface area contributed by atoms with E-state index in [1.807, 2.05) is 18.8 Å². The van der Waals surface area contributed by atoms with Crippen molar-refractivity contribution >= 4 is 5.96 Å². The fourth-order valence-electron chi connectivity index (χ4n) is 5.14. The highest BCUT2D eigenvalue weighted by molar-refractivity contribution is 5.80. The van der Waals surface area contributed by atoms with Crippen LogP contribution in [0, 0.1) is 11.3 Å². The summed E-state index contributed by atoms with van der Waals surface area (Å²) in [5.74, 6) is 2.52. The molecule has 132 valence electrons. The molecule has 1 spiro atoms. The Bertz CT molecular complexity index is 620. The third-order valence-electron chi connectivity index (χ3n) is 6.33. The van der Waals surface area contributed by atoms with Crippen LogP contribution in [0.25, 0.3) is 0 Å². The van der Waals surface area contributed by atoms with Crippen LogP contribution in [0.2, 0.25) is 0 Å². The number of ether oxygens (including phenoxy) is 1. The molecule has 7 nitrogen and oxygen atoms in total. The van der Waals surface area contributed by atoms with E-state index in [1.54, 1.807) is 6.33 Å². The minimum absolute atomic E-state index is 0.336. The molecule has 0 bridgehead atoms. The Hall–Kier alpha value is -1.63. The highest BCUT2D eigenvalue weighted by atomic mass is 16.5. The van der Waals surface area contributed by atoms with Gasteiger partial charge in [0.05, 0.1) is 12.6 Å². The van der Waals surface area contributed by atoms with Gasteiger partial charge in [-0.15, -0.1) is 0 Å². The molecule has 3 unspecified atom stereocenters.